The fraction of sp³-hybridized carbons (Fsp3) is 0.120. The number of fused-ring (bicyclic) bond motifs is 2. The standard InChI is InChI=1S/C25H22N4S/c26-23(12-17-5-6-18-3-1-2-4-19(18)11-17)15-28-25-29-16-24(30-25)21-7-8-22-14-27-10-9-20(22)13-21/h1-11,13-14,16,23H,12,15,26H2,(H,28,29). The summed E-state index contributed by atoms with van der Waals surface area (Å²) in [7, 11) is 0. The Kier molecular flexibility index (Phi) is 5.13. The Balaban J connectivity index is 1.23. The molecule has 0 fully saturated rings. The van der Waals surface area contributed by atoms with E-state index in [2.05, 4.69) is 75.9 Å². The number of rotatable bonds is 6. The summed E-state index contributed by atoms with van der Waals surface area (Å²) in [6.07, 6.45) is 6.46. The molecule has 0 aliphatic rings. The van der Waals surface area contributed by atoms with E-state index < -0.39 is 0 Å². The molecule has 0 aliphatic carbocycles. The minimum Gasteiger partial charge on any atom is -0.360 e. The summed E-state index contributed by atoms with van der Waals surface area (Å²) in [5.41, 5.74) is 8.81. The highest BCUT2D eigenvalue weighted by Gasteiger charge is 2.09. The third-order valence-corrected chi connectivity index (χ3v) is 6.26. The van der Waals surface area contributed by atoms with Crippen LogP contribution in [0.15, 0.2) is 85.3 Å². The summed E-state index contributed by atoms with van der Waals surface area (Å²) < 4.78 is 0. The first-order chi connectivity index (χ1) is 14.7. The summed E-state index contributed by atoms with van der Waals surface area (Å²) in [5.74, 6) is 0. The van der Waals surface area contributed by atoms with Gasteiger partial charge in [0.25, 0.3) is 0 Å². The van der Waals surface area contributed by atoms with Crippen molar-refractivity contribution < 1.29 is 0 Å². The highest BCUT2D eigenvalue weighted by Crippen LogP contribution is 2.31. The van der Waals surface area contributed by atoms with Gasteiger partial charge in [0.15, 0.2) is 5.13 Å². The molecule has 3 aromatic carbocycles. The average molecular weight is 411 g/mol. The molecule has 2 aromatic heterocycles. The number of hydrogen-bond donors (Lipinski definition) is 2. The van der Waals surface area contributed by atoms with Gasteiger partial charge in [-0.25, -0.2) is 4.98 Å². The van der Waals surface area contributed by atoms with E-state index >= 15 is 0 Å². The Labute approximate surface area is 179 Å². The molecule has 1 unspecified atom stereocenters. The van der Waals surface area contributed by atoms with Crippen LogP contribution >= 0.6 is 11.3 Å². The number of benzene rings is 3. The van der Waals surface area contributed by atoms with Crippen LogP contribution in [0.1, 0.15) is 5.56 Å². The van der Waals surface area contributed by atoms with Crippen LogP contribution in [0, 0.1) is 0 Å². The molecule has 0 bridgehead atoms. The van der Waals surface area contributed by atoms with Gasteiger partial charge < -0.3 is 11.1 Å². The lowest BCUT2D eigenvalue weighted by molar-refractivity contribution is 0.699. The van der Waals surface area contributed by atoms with Crippen molar-refractivity contribution in [2.75, 3.05) is 11.9 Å². The minimum absolute atomic E-state index is 0.0201. The van der Waals surface area contributed by atoms with E-state index in [-0.39, 0.29) is 6.04 Å². The van der Waals surface area contributed by atoms with Crippen LogP contribution in [-0.2, 0) is 6.42 Å². The molecule has 0 amide bonds. The predicted octanol–water partition coefficient (Wildman–Crippen LogP) is 5.49. The van der Waals surface area contributed by atoms with Gasteiger partial charge in [-0.2, -0.15) is 0 Å². The van der Waals surface area contributed by atoms with Crippen molar-refractivity contribution >= 4 is 38.0 Å². The highest BCUT2D eigenvalue weighted by molar-refractivity contribution is 7.18. The highest BCUT2D eigenvalue weighted by atomic mass is 32.1. The molecular formula is C25H22N4S. The molecular weight excluding hydrogens is 388 g/mol. The van der Waals surface area contributed by atoms with Crippen LogP contribution in [-0.4, -0.2) is 22.6 Å². The van der Waals surface area contributed by atoms with Crippen LogP contribution < -0.4 is 11.1 Å². The Morgan fingerprint density at radius 2 is 1.70 bits per heavy atom. The number of nitrogens with zero attached hydrogens (tertiary/aromatic N) is 2. The van der Waals surface area contributed by atoms with Gasteiger partial charge in [0, 0.05) is 36.6 Å². The number of thiazole rings is 1. The normalized spacial score (nSPS) is 12.3. The van der Waals surface area contributed by atoms with Crippen LogP contribution in [0.25, 0.3) is 32.0 Å². The quantitative estimate of drug-likeness (QED) is 0.388. The lowest BCUT2D eigenvalue weighted by Crippen LogP contribution is -2.31. The molecule has 30 heavy (non-hydrogen) atoms. The van der Waals surface area contributed by atoms with Crippen molar-refractivity contribution in [1.82, 2.24) is 9.97 Å². The molecule has 0 radical (unpaired) electrons. The Bertz CT molecular complexity index is 1310. The Hall–Kier alpha value is -3.28. The zero-order chi connectivity index (χ0) is 20.3. The molecule has 0 saturated carbocycles. The lowest BCUT2D eigenvalue weighted by atomic mass is 10.0. The van der Waals surface area contributed by atoms with Crippen LogP contribution in [0.4, 0.5) is 5.13 Å². The Morgan fingerprint density at radius 3 is 2.63 bits per heavy atom. The second-order valence-electron chi connectivity index (χ2n) is 7.49. The maximum atomic E-state index is 6.39. The monoisotopic (exact) mass is 410 g/mol. The number of aromatic nitrogens is 2. The maximum Gasteiger partial charge on any atom is 0.183 e. The molecule has 0 aliphatic heterocycles. The SMILES string of the molecule is NC(CNc1ncc(-c2ccc3cnccc3c2)s1)Cc1ccc2ccccc2c1. The summed E-state index contributed by atoms with van der Waals surface area (Å²) in [5, 5.41) is 9.14. The molecule has 3 N–H and O–H groups in total. The van der Waals surface area contributed by atoms with E-state index in [1.54, 1.807) is 11.3 Å². The van der Waals surface area contributed by atoms with E-state index in [1.165, 1.54) is 27.3 Å². The number of nitrogens with two attached hydrogens (primary N) is 1. The molecule has 4 nitrogen and oxygen atoms in total. The van der Waals surface area contributed by atoms with Crippen molar-refractivity contribution in [2.24, 2.45) is 5.73 Å². The molecule has 1 atom stereocenters. The number of hydrogen-bond acceptors (Lipinski definition) is 5. The summed E-state index contributed by atoms with van der Waals surface area (Å²) in [4.78, 5) is 9.84. The number of nitrogens with one attached hydrogen (secondary N) is 1. The van der Waals surface area contributed by atoms with Gasteiger partial charge in [-0.1, -0.05) is 65.9 Å². The molecule has 5 aromatic rings. The lowest BCUT2D eigenvalue weighted by Gasteiger charge is -2.13. The second-order valence-corrected chi connectivity index (χ2v) is 8.52. The van der Waals surface area contributed by atoms with E-state index in [4.69, 9.17) is 5.73 Å². The fourth-order valence-corrected chi connectivity index (χ4v) is 4.50. The zero-order valence-corrected chi connectivity index (χ0v) is 17.3. The van der Waals surface area contributed by atoms with Crippen LogP contribution in [0.5, 0.6) is 0 Å². The van der Waals surface area contributed by atoms with E-state index in [9.17, 15) is 0 Å². The van der Waals surface area contributed by atoms with Gasteiger partial charge in [-0.05, 0) is 45.8 Å². The first-order valence-electron chi connectivity index (χ1n) is 10.0. The summed E-state index contributed by atoms with van der Waals surface area (Å²) in [6, 6.07) is 23.4. The third kappa shape index (κ3) is 4.03. The number of anilines is 1. The third-order valence-electron chi connectivity index (χ3n) is 5.26. The van der Waals surface area contributed by atoms with Gasteiger partial charge in [-0.15, -0.1) is 0 Å². The van der Waals surface area contributed by atoms with Crippen molar-refractivity contribution in [1.29, 1.82) is 0 Å². The first-order valence-corrected chi connectivity index (χ1v) is 10.8. The topological polar surface area (TPSA) is 63.8 Å². The smallest absolute Gasteiger partial charge is 0.183 e. The maximum absolute atomic E-state index is 6.39. The van der Waals surface area contributed by atoms with Crippen LogP contribution in [0.2, 0.25) is 0 Å². The van der Waals surface area contributed by atoms with Gasteiger partial charge in [-0.3, -0.25) is 4.98 Å². The predicted molar refractivity (Wildman–Crippen MR) is 127 cm³/mol. The zero-order valence-electron chi connectivity index (χ0n) is 16.5. The number of pyridine rings is 1. The molecule has 0 saturated heterocycles. The second kappa shape index (κ2) is 8.22. The van der Waals surface area contributed by atoms with Gasteiger partial charge in [0.1, 0.15) is 0 Å². The average Bonchev–Trinajstić information content (AvgIpc) is 3.26. The molecule has 5 heteroatoms. The van der Waals surface area contributed by atoms with Gasteiger partial charge in [0.2, 0.25) is 0 Å². The van der Waals surface area contributed by atoms with Gasteiger partial charge >= 0.3 is 0 Å². The van der Waals surface area contributed by atoms with E-state index in [0.717, 1.165) is 21.8 Å². The first kappa shape index (κ1) is 18.7. The van der Waals surface area contributed by atoms with Crippen molar-refractivity contribution in [3.05, 3.63) is 90.9 Å². The summed E-state index contributed by atoms with van der Waals surface area (Å²) >= 11 is 1.65. The van der Waals surface area contributed by atoms with E-state index in [1.807, 2.05) is 24.7 Å². The van der Waals surface area contributed by atoms with Gasteiger partial charge in [0.05, 0.1) is 4.88 Å². The molecule has 5 rings (SSSR count). The largest absolute Gasteiger partial charge is 0.360 e. The fourth-order valence-electron chi connectivity index (χ4n) is 3.68. The van der Waals surface area contributed by atoms with E-state index in [0.29, 0.717) is 6.54 Å². The Morgan fingerprint density at radius 1 is 0.867 bits per heavy atom. The molecule has 0 spiro atoms. The summed E-state index contributed by atoms with van der Waals surface area (Å²) in [6.45, 7) is 0.684. The van der Waals surface area contributed by atoms with Crippen LogP contribution in [0.3, 0.4) is 0 Å². The minimum atomic E-state index is 0.0201. The molecule has 2 heterocycles. The van der Waals surface area contributed by atoms with Crippen molar-refractivity contribution in [3.63, 3.8) is 0 Å². The van der Waals surface area contributed by atoms with Crippen molar-refractivity contribution in [2.45, 2.75) is 12.5 Å². The van der Waals surface area contributed by atoms with Crippen molar-refractivity contribution in [3.8, 4) is 10.4 Å². The molecule has 148 valence electrons.